The Labute approximate surface area is 157 Å². The molecule has 0 aromatic heterocycles. The lowest BCUT2D eigenvalue weighted by atomic mass is 10.1. The number of nitrogens with one attached hydrogen (secondary N) is 2. The number of alkyl halides is 3. The van der Waals surface area contributed by atoms with Gasteiger partial charge in [-0.15, -0.1) is 0 Å². The molecule has 1 fully saturated rings. The number of hydrogen-bond donors (Lipinski definition) is 2. The van der Waals surface area contributed by atoms with E-state index in [0.717, 1.165) is 18.2 Å². The van der Waals surface area contributed by atoms with Crippen LogP contribution in [-0.4, -0.2) is 55.5 Å². The molecular weight excluding hydrogens is 391 g/mol. The van der Waals surface area contributed by atoms with Gasteiger partial charge in [0.2, 0.25) is 11.8 Å². The van der Waals surface area contributed by atoms with Crippen molar-refractivity contribution < 1.29 is 32.3 Å². The zero-order chi connectivity index (χ0) is 20.2. The third-order valence-electron chi connectivity index (χ3n) is 3.94. The summed E-state index contributed by atoms with van der Waals surface area (Å²) in [5.74, 6) is -1.72. The van der Waals surface area contributed by atoms with Crippen LogP contribution in [0.5, 0.6) is 0 Å². The van der Waals surface area contributed by atoms with E-state index in [2.05, 4.69) is 15.4 Å². The lowest BCUT2D eigenvalue weighted by Crippen LogP contribution is -2.57. The first kappa shape index (κ1) is 21.0. The summed E-state index contributed by atoms with van der Waals surface area (Å²) in [6, 6.07) is 1.66. The standard InChI is InChI=1S/C16H17ClF3N3O4/c1-27-14(25)7-12-15(26)21-4-5-23(12)8-13(24)22-11-6-9(16(18,19)20)2-3-10(11)17/h2-3,6,12H,4-5,7-8H2,1H3,(H,21,26)(H,22,24)/t12-/m1/s1. The number of esters is 1. The Morgan fingerprint density at radius 2 is 2.11 bits per heavy atom. The zero-order valence-electron chi connectivity index (χ0n) is 14.2. The summed E-state index contributed by atoms with van der Waals surface area (Å²) in [4.78, 5) is 37.1. The summed E-state index contributed by atoms with van der Waals surface area (Å²) in [6.07, 6.45) is -4.83. The van der Waals surface area contributed by atoms with Crippen molar-refractivity contribution in [3.05, 3.63) is 28.8 Å². The maximum atomic E-state index is 12.8. The molecule has 2 rings (SSSR count). The highest BCUT2D eigenvalue weighted by molar-refractivity contribution is 6.33. The van der Waals surface area contributed by atoms with Crippen molar-refractivity contribution in [2.45, 2.75) is 18.6 Å². The summed E-state index contributed by atoms with van der Waals surface area (Å²) in [5.41, 5.74) is -1.15. The quantitative estimate of drug-likeness (QED) is 0.725. The van der Waals surface area contributed by atoms with Crippen molar-refractivity contribution in [2.75, 3.05) is 32.1 Å². The molecule has 1 aliphatic heterocycles. The fourth-order valence-corrected chi connectivity index (χ4v) is 2.75. The molecule has 0 unspecified atom stereocenters. The van der Waals surface area contributed by atoms with Gasteiger partial charge < -0.3 is 15.4 Å². The van der Waals surface area contributed by atoms with Crippen LogP contribution in [0.4, 0.5) is 18.9 Å². The second-order valence-electron chi connectivity index (χ2n) is 5.80. The van der Waals surface area contributed by atoms with Crippen molar-refractivity contribution in [1.29, 1.82) is 0 Å². The number of piperazine rings is 1. The molecule has 0 aliphatic carbocycles. The number of hydrogen-bond acceptors (Lipinski definition) is 5. The highest BCUT2D eigenvalue weighted by atomic mass is 35.5. The average molecular weight is 408 g/mol. The third kappa shape index (κ3) is 5.57. The number of carbonyl (C=O) groups excluding carboxylic acids is 3. The summed E-state index contributed by atoms with van der Waals surface area (Å²) in [6.45, 7) is 0.257. The molecule has 1 aliphatic rings. The van der Waals surface area contributed by atoms with E-state index in [0.29, 0.717) is 0 Å². The molecule has 7 nitrogen and oxygen atoms in total. The number of nitrogens with zero attached hydrogens (tertiary/aromatic N) is 1. The van der Waals surface area contributed by atoms with Crippen LogP contribution in [0, 0.1) is 0 Å². The molecule has 11 heteroatoms. The van der Waals surface area contributed by atoms with Crippen LogP contribution >= 0.6 is 11.6 Å². The SMILES string of the molecule is COC(=O)C[C@@H]1C(=O)NCCN1CC(=O)Nc1cc(C(F)(F)F)ccc1Cl. The lowest BCUT2D eigenvalue weighted by Gasteiger charge is -2.33. The predicted molar refractivity (Wildman–Crippen MR) is 90.1 cm³/mol. The molecule has 0 spiro atoms. The molecule has 0 bridgehead atoms. The van der Waals surface area contributed by atoms with E-state index >= 15 is 0 Å². The Morgan fingerprint density at radius 3 is 2.74 bits per heavy atom. The normalized spacial score (nSPS) is 18.0. The van der Waals surface area contributed by atoms with Crippen LogP contribution in [0.2, 0.25) is 5.02 Å². The van der Waals surface area contributed by atoms with Crippen LogP contribution in [0.1, 0.15) is 12.0 Å². The fourth-order valence-electron chi connectivity index (χ4n) is 2.59. The van der Waals surface area contributed by atoms with Gasteiger partial charge in [0.05, 0.1) is 36.3 Å². The fraction of sp³-hybridized carbons (Fsp3) is 0.438. The average Bonchev–Trinajstić information content (AvgIpc) is 2.58. The number of halogens is 4. The Bertz CT molecular complexity index is 742. The van der Waals surface area contributed by atoms with Gasteiger partial charge in [-0.3, -0.25) is 19.3 Å². The highest BCUT2D eigenvalue weighted by Crippen LogP contribution is 2.33. The van der Waals surface area contributed by atoms with Crippen LogP contribution in [-0.2, 0) is 25.3 Å². The van der Waals surface area contributed by atoms with E-state index < -0.39 is 35.6 Å². The molecule has 1 aromatic carbocycles. The second kappa shape index (κ2) is 8.57. The van der Waals surface area contributed by atoms with Gasteiger partial charge in [-0.25, -0.2) is 0 Å². The van der Waals surface area contributed by atoms with Crippen LogP contribution in [0.25, 0.3) is 0 Å². The summed E-state index contributed by atoms with van der Waals surface area (Å²) < 4.78 is 43.0. The largest absolute Gasteiger partial charge is 0.469 e. The maximum absolute atomic E-state index is 12.8. The van der Waals surface area contributed by atoms with E-state index in [-0.39, 0.29) is 36.8 Å². The Kier molecular flexibility index (Phi) is 6.66. The number of anilines is 1. The van der Waals surface area contributed by atoms with E-state index in [1.807, 2.05) is 0 Å². The molecular formula is C16H17ClF3N3O4. The maximum Gasteiger partial charge on any atom is 0.416 e. The topological polar surface area (TPSA) is 87.7 Å². The van der Waals surface area contributed by atoms with Crippen molar-refractivity contribution in [1.82, 2.24) is 10.2 Å². The van der Waals surface area contributed by atoms with Gasteiger partial charge in [-0.1, -0.05) is 11.6 Å². The van der Waals surface area contributed by atoms with Gasteiger partial charge in [0.15, 0.2) is 0 Å². The first-order valence-corrected chi connectivity index (χ1v) is 8.24. The Balaban J connectivity index is 2.09. The van der Waals surface area contributed by atoms with Gasteiger partial charge in [-0.2, -0.15) is 13.2 Å². The van der Waals surface area contributed by atoms with Crippen molar-refractivity contribution in [2.24, 2.45) is 0 Å². The van der Waals surface area contributed by atoms with Crippen LogP contribution in [0.15, 0.2) is 18.2 Å². The molecule has 27 heavy (non-hydrogen) atoms. The van der Waals surface area contributed by atoms with Gasteiger partial charge in [0.25, 0.3) is 0 Å². The highest BCUT2D eigenvalue weighted by Gasteiger charge is 2.34. The van der Waals surface area contributed by atoms with E-state index in [4.69, 9.17) is 11.6 Å². The molecule has 0 radical (unpaired) electrons. The van der Waals surface area contributed by atoms with Crippen LogP contribution < -0.4 is 10.6 Å². The van der Waals surface area contributed by atoms with E-state index in [9.17, 15) is 27.6 Å². The number of carbonyl (C=O) groups is 3. The summed E-state index contributed by atoms with van der Waals surface area (Å²) >= 11 is 5.85. The minimum absolute atomic E-state index is 0.0566. The third-order valence-corrected chi connectivity index (χ3v) is 4.27. The second-order valence-corrected chi connectivity index (χ2v) is 6.21. The van der Waals surface area contributed by atoms with Gasteiger partial charge in [0, 0.05) is 13.1 Å². The van der Waals surface area contributed by atoms with Gasteiger partial charge >= 0.3 is 12.1 Å². The molecule has 2 N–H and O–H groups in total. The molecule has 1 atom stereocenters. The lowest BCUT2D eigenvalue weighted by molar-refractivity contribution is -0.146. The molecule has 0 saturated carbocycles. The molecule has 1 heterocycles. The Hall–Kier alpha value is -2.33. The van der Waals surface area contributed by atoms with E-state index in [1.54, 1.807) is 0 Å². The van der Waals surface area contributed by atoms with Crippen molar-refractivity contribution in [3.8, 4) is 0 Å². The van der Waals surface area contributed by atoms with Gasteiger partial charge in [-0.05, 0) is 18.2 Å². The first-order valence-electron chi connectivity index (χ1n) is 7.87. The Morgan fingerprint density at radius 1 is 1.41 bits per heavy atom. The molecule has 2 amide bonds. The van der Waals surface area contributed by atoms with Crippen LogP contribution in [0.3, 0.4) is 0 Å². The number of methoxy groups -OCH3 is 1. The molecule has 1 aromatic rings. The van der Waals surface area contributed by atoms with Gasteiger partial charge in [0.1, 0.15) is 6.04 Å². The summed E-state index contributed by atoms with van der Waals surface area (Å²) in [7, 11) is 1.18. The monoisotopic (exact) mass is 407 g/mol. The number of rotatable bonds is 5. The number of benzene rings is 1. The molecule has 1 saturated heterocycles. The molecule has 148 valence electrons. The first-order chi connectivity index (χ1) is 12.6. The van der Waals surface area contributed by atoms with Crippen molar-refractivity contribution in [3.63, 3.8) is 0 Å². The smallest absolute Gasteiger partial charge is 0.416 e. The predicted octanol–water partition coefficient (Wildman–Crippen LogP) is 1.66. The minimum atomic E-state index is -4.58. The van der Waals surface area contributed by atoms with Crippen molar-refractivity contribution >= 4 is 35.1 Å². The number of ether oxygens (including phenoxy) is 1. The zero-order valence-corrected chi connectivity index (χ0v) is 15.0. The summed E-state index contributed by atoms with van der Waals surface area (Å²) in [5, 5.41) is 4.84. The van der Waals surface area contributed by atoms with E-state index in [1.165, 1.54) is 12.0 Å². The number of amides is 2. The minimum Gasteiger partial charge on any atom is -0.469 e.